The van der Waals surface area contributed by atoms with Gasteiger partial charge in [-0.05, 0) is 42.8 Å². The SMILES string of the molecule is Cc1ccc2nc(CC3(c4ccccc4)Nc4ccccc4C3=O)ccc2c1. The van der Waals surface area contributed by atoms with Crippen molar-refractivity contribution in [1.82, 2.24) is 4.98 Å². The number of rotatable bonds is 3. The minimum absolute atomic E-state index is 0.0973. The highest BCUT2D eigenvalue weighted by Gasteiger charge is 2.46. The summed E-state index contributed by atoms with van der Waals surface area (Å²) in [6.45, 7) is 2.08. The number of nitrogens with zero attached hydrogens (tertiary/aromatic N) is 1. The fourth-order valence-corrected chi connectivity index (χ4v) is 4.12. The largest absolute Gasteiger partial charge is 0.368 e. The zero-order valence-electron chi connectivity index (χ0n) is 15.6. The van der Waals surface area contributed by atoms with Crippen LogP contribution in [0.15, 0.2) is 84.9 Å². The molecule has 0 radical (unpaired) electrons. The highest BCUT2D eigenvalue weighted by atomic mass is 16.1. The van der Waals surface area contributed by atoms with E-state index in [-0.39, 0.29) is 5.78 Å². The van der Waals surface area contributed by atoms with Gasteiger partial charge in [-0.2, -0.15) is 0 Å². The molecule has 3 aromatic carbocycles. The Bertz CT molecular complexity index is 1200. The minimum atomic E-state index is -0.837. The van der Waals surface area contributed by atoms with E-state index in [0.29, 0.717) is 6.42 Å². The van der Waals surface area contributed by atoms with Crippen molar-refractivity contribution < 1.29 is 4.79 Å². The molecule has 0 amide bonds. The smallest absolute Gasteiger partial charge is 0.195 e. The van der Waals surface area contributed by atoms with Gasteiger partial charge in [-0.15, -0.1) is 0 Å². The Morgan fingerprint density at radius 2 is 1.68 bits per heavy atom. The summed E-state index contributed by atoms with van der Waals surface area (Å²) in [5.74, 6) is 0.0973. The summed E-state index contributed by atoms with van der Waals surface area (Å²) in [7, 11) is 0. The molecule has 2 heterocycles. The number of Topliss-reactive ketones (excluding diaryl/α,β-unsaturated/α-hetero) is 1. The normalized spacial score (nSPS) is 18.1. The van der Waals surface area contributed by atoms with E-state index < -0.39 is 5.54 Å². The molecule has 136 valence electrons. The molecule has 1 unspecified atom stereocenters. The van der Waals surface area contributed by atoms with Crippen LogP contribution in [0, 0.1) is 6.92 Å². The van der Waals surface area contributed by atoms with Gasteiger partial charge in [0, 0.05) is 28.8 Å². The maximum Gasteiger partial charge on any atom is 0.195 e. The van der Waals surface area contributed by atoms with E-state index in [1.165, 1.54) is 5.56 Å². The van der Waals surface area contributed by atoms with Gasteiger partial charge in [0.2, 0.25) is 0 Å². The average molecular weight is 364 g/mol. The fraction of sp³-hybridized carbons (Fsp3) is 0.120. The number of carbonyl (C=O) groups is 1. The number of anilines is 1. The molecule has 28 heavy (non-hydrogen) atoms. The number of aryl methyl sites for hydroxylation is 1. The van der Waals surface area contributed by atoms with Gasteiger partial charge in [-0.3, -0.25) is 9.78 Å². The maximum atomic E-state index is 13.5. The molecule has 0 fully saturated rings. The van der Waals surface area contributed by atoms with Crippen molar-refractivity contribution in [2.75, 3.05) is 5.32 Å². The highest BCUT2D eigenvalue weighted by Crippen LogP contribution is 2.41. The number of nitrogens with one attached hydrogen (secondary N) is 1. The molecule has 1 aliphatic rings. The molecule has 1 N–H and O–H groups in total. The second-order valence-corrected chi connectivity index (χ2v) is 7.45. The molecule has 0 aliphatic carbocycles. The quantitative estimate of drug-likeness (QED) is 0.537. The molecule has 3 heteroatoms. The summed E-state index contributed by atoms with van der Waals surface area (Å²) in [5, 5.41) is 4.65. The molecule has 3 nitrogen and oxygen atoms in total. The third kappa shape index (κ3) is 2.59. The van der Waals surface area contributed by atoms with E-state index in [9.17, 15) is 4.79 Å². The second-order valence-electron chi connectivity index (χ2n) is 7.45. The molecule has 0 spiro atoms. The van der Waals surface area contributed by atoms with Crippen LogP contribution < -0.4 is 5.32 Å². The van der Waals surface area contributed by atoms with Gasteiger partial charge >= 0.3 is 0 Å². The van der Waals surface area contributed by atoms with Crippen molar-refractivity contribution in [2.24, 2.45) is 0 Å². The summed E-state index contributed by atoms with van der Waals surface area (Å²) in [6.07, 6.45) is 0.494. The summed E-state index contributed by atoms with van der Waals surface area (Å²) in [4.78, 5) is 18.4. The van der Waals surface area contributed by atoms with Gasteiger partial charge in [-0.1, -0.05) is 60.2 Å². The van der Waals surface area contributed by atoms with Crippen LogP contribution in [-0.2, 0) is 12.0 Å². The first-order valence-corrected chi connectivity index (χ1v) is 9.50. The number of hydrogen-bond acceptors (Lipinski definition) is 3. The van der Waals surface area contributed by atoms with Crippen LogP contribution in [0.3, 0.4) is 0 Å². The number of pyridine rings is 1. The summed E-state index contributed by atoms with van der Waals surface area (Å²) in [6, 6.07) is 28.1. The van der Waals surface area contributed by atoms with Gasteiger partial charge in [-0.25, -0.2) is 0 Å². The molecule has 0 saturated heterocycles. The number of ketones is 1. The van der Waals surface area contributed by atoms with E-state index in [2.05, 4.69) is 30.4 Å². The number of benzene rings is 3. The summed E-state index contributed by atoms with van der Waals surface area (Å²) in [5.41, 5.74) is 4.81. The van der Waals surface area contributed by atoms with E-state index in [0.717, 1.165) is 33.4 Å². The monoisotopic (exact) mass is 364 g/mol. The van der Waals surface area contributed by atoms with Crippen molar-refractivity contribution in [3.63, 3.8) is 0 Å². The van der Waals surface area contributed by atoms with Gasteiger partial charge in [0.05, 0.1) is 5.52 Å². The Labute approximate surface area is 164 Å². The number of fused-ring (bicyclic) bond motifs is 2. The fourth-order valence-electron chi connectivity index (χ4n) is 4.12. The molecule has 1 aliphatic heterocycles. The van der Waals surface area contributed by atoms with Crippen molar-refractivity contribution in [2.45, 2.75) is 18.9 Å². The number of hydrogen-bond donors (Lipinski definition) is 1. The van der Waals surface area contributed by atoms with Crippen LogP contribution >= 0.6 is 0 Å². The molecule has 1 aromatic heterocycles. The Morgan fingerprint density at radius 1 is 0.893 bits per heavy atom. The van der Waals surface area contributed by atoms with E-state index in [1.807, 2.05) is 66.7 Å². The van der Waals surface area contributed by atoms with Crippen LogP contribution in [0.4, 0.5) is 5.69 Å². The first-order chi connectivity index (χ1) is 13.7. The highest BCUT2D eigenvalue weighted by molar-refractivity contribution is 6.13. The third-order valence-electron chi connectivity index (χ3n) is 5.52. The third-order valence-corrected chi connectivity index (χ3v) is 5.52. The van der Waals surface area contributed by atoms with Crippen LogP contribution in [0.2, 0.25) is 0 Å². The number of aromatic nitrogens is 1. The lowest BCUT2D eigenvalue weighted by atomic mass is 9.81. The summed E-state index contributed by atoms with van der Waals surface area (Å²) >= 11 is 0. The maximum absolute atomic E-state index is 13.5. The Balaban J connectivity index is 1.63. The minimum Gasteiger partial charge on any atom is -0.368 e. The lowest BCUT2D eigenvalue weighted by Crippen LogP contribution is -2.41. The molecule has 0 bridgehead atoms. The Hall–Kier alpha value is -3.46. The summed E-state index contributed by atoms with van der Waals surface area (Å²) < 4.78 is 0. The van der Waals surface area contributed by atoms with Crippen LogP contribution in [-0.4, -0.2) is 10.8 Å². The lowest BCUT2D eigenvalue weighted by molar-refractivity contribution is 0.0916. The molecule has 1 atom stereocenters. The van der Waals surface area contributed by atoms with Gasteiger partial charge in [0.15, 0.2) is 5.78 Å². The van der Waals surface area contributed by atoms with Crippen LogP contribution in [0.1, 0.15) is 27.2 Å². The molecular weight excluding hydrogens is 344 g/mol. The van der Waals surface area contributed by atoms with Gasteiger partial charge in [0.1, 0.15) is 5.54 Å². The second kappa shape index (κ2) is 6.31. The predicted molar refractivity (Wildman–Crippen MR) is 113 cm³/mol. The first-order valence-electron chi connectivity index (χ1n) is 9.50. The number of para-hydroxylation sites is 1. The zero-order chi connectivity index (χ0) is 19.1. The zero-order valence-corrected chi connectivity index (χ0v) is 15.6. The number of carbonyl (C=O) groups excluding carboxylic acids is 1. The Kier molecular flexibility index (Phi) is 3.76. The molecule has 0 saturated carbocycles. The van der Waals surface area contributed by atoms with Crippen LogP contribution in [0.5, 0.6) is 0 Å². The van der Waals surface area contributed by atoms with Crippen LogP contribution in [0.25, 0.3) is 10.9 Å². The van der Waals surface area contributed by atoms with E-state index in [4.69, 9.17) is 4.98 Å². The van der Waals surface area contributed by atoms with Crippen molar-refractivity contribution in [1.29, 1.82) is 0 Å². The first kappa shape index (κ1) is 16.7. The molecule has 4 aromatic rings. The predicted octanol–water partition coefficient (Wildman–Crippen LogP) is 5.29. The average Bonchev–Trinajstić information content (AvgIpc) is 3.02. The molecular formula is C25H20N2O. The molecule has 5 rings (SSSR count). The Morgan fingerprint density at radius 3 is 2.50 bits per heavy atom. The van der Waals surface area contributed by atoms with Crippen molar-refractivity contribution in [3.8, 4) is 0 Å². The van der Waals surface area contributed by atoms with Gasteiger partial charge in [0.25, 0.3) is 0 Å². The van der Waals surface area contributed by atoms with Crippen molar-refractivity contribution in [3.05, 3.63) is 107 Å². The standard InChI is InChI=1S/C25H20N2O/c1-17-11-14-22-18(15-17)12-13-20(26-22)16-25(19-7-3-2-4-8-19)24(28)21-9-5-6-10-23(21)27-25/h2-15,27H,16H2,1H3. The van der Waals surface area contributed by atoms with E-state index >= 15 is 0 Å². The van der Waals surface area contributed by atoms with Crippen molar-refractivity contribution >= 4 is 22.4 Å². The van der Waals surface area contributed by atoms with Gasteiger partial charge < -0.3 is 5.32 Å². The van der Waals surface area contributed by atoms with E-state index in [1.54, 1.807) is 0 Å². The topological polar surface area (TPSA) is 42.0 Å². The lowest BCUT2D eigenvalue weighted by Gasteiger charge is -2.29.